The normalized spacial score (nSPS) is 10.5. The van der Waals surface area contributed by atoms with E-state index < -0.39 is 0 Å². The van der Waals surface area contributed by atoms with E-state index in [1.54, 1.807) is 23.7 Å². The van der Waals surface area contributed by atoms with E-state index in [9.17, 15) is 4.79 Å². The van der Waals surface area contributed by atoms with Crippen molar-refractivity contribution in [3.63, 3.8) is 0 Å². The van der Waals surface area contributed by atoms with Gasteiger partial charge in [-0.3, -0.25) is 4.79 Å². The Balaban J connectivity index is 1.87. The molecule has 5 heteroatoms. The number of carbonyl (C=O) groups is 1. The fourth-order valence-electron chi connectivity index (χ4n) is 1.68. The van der Waals surface area contributed by atoms with Crippen molar-refractivity contribution in [2.24, 2.45) is 0 Å². The first-order chi connectivity index (χ1) is 8.16. The number of nitrogens with zero attached hydrogens (tertiary/aromatic N) is 1. The number of rotatable bonds is 4. The molecule has 0 aliphatic carbocycles. The first kappa shape index (κ1) is 11.9. The Morgan fingerprint density at radius 3 is 2.94 bits per heavy atom. The zero-order valence-corrected chi connectivity index (χ0v) is 10.7. The van der Waals surface area contributed by atoms with Gasteiger partial charge in [0, 0.05) is 35.1 Å². The maximum atomic E-state index is 11.9. The number of hydrogen-bond acceptors (Lipinski definition) is 3. The second-order valence-electron chi connectivity index (χ2n) is 3.87. The lowest BCUT2D eigenvalue weighted by atomic mass is 10.2. The van der Waals surface area contributed by atoms with Gasteiger partial charge in [0.05, 0.1) is 5.56 Å². The largest absolute Gasteiger partial charge is 0.352 e. The van der Waals surface area contributed by atoms with Crippen LogP contribution in [0.3, 0.4) is 0 Å². The van der Waals surface area contributed by atoms with Gasteiger partial charge in [0.15, 0.2) is 0 Å². The molecule has 0 saturated carbocycles. The van der Waals surface area contributed by atoms with E-state index in [2.05, 4.69) is 15.3 Å². The van der Waals surface area contributed by atoms with Crippen molar-refractivity contribution in [2.75, 3.05) is 6.54 Å². The molecular formula is C12H15N3OS. The number of thiophene rings is 1. The number of H-pyrrole nitrogens is 1. The lowest BCUT2D eigenvalue weighted by Gasteiger charge is -2.03. The lowest BCUT2D eigenvalue weighted by molar-refractivity contribution is 0.0954. The number of hydrogen-bond donors (Lipinski definition) is 2. The summed E-state index contributed by atoms with van der Waals surface area (Å²) in [6.07, 6.45) is 4.22. The van der Waals surface area contributed by atoms with E-state index in [4.69, 9.17) is 0 Å². The van der Waals surface area contributed by atoms with E-state index in [0.717, 1.165) is 22.7 Å². The SMILES string of the molecule is Cc1cc(C(=O)NCCc2ncc[nH]2)c(C)s1. The van der Waals surface area contributed by atoms with Crippen LogP contribution in [-0.4, -0.2) is 22.4 Å². The number of carbonyl (C=O) groups excluding carboxylic acids is 1. The summed E-state index contributed by atoms with van der Waals surface area (Å²) < 4.78 is 0. The van der Waals surface area contributed by atoms with E-state index in [0.29, 0.717) is 6.54 Å². The predicted octanol–water partition coefficient (Wildman–Crippen LogP) is 2.06. The third-order valence-electron chi connectivity index (χ3n) is 2.49. The Kier molecular flexibility index (Phi) is 3.58. The van der Waals surface area contributed by atoms with Crippen LogP contribution in [0.25, 0.3) is 0 Å². The van der Waals surface area contributed by atoms with Gasteiger partial charge in [-0.25, -0.2) is 4.98 Å². The standard InChI is InChI=1S/C12H15N3OS/c1-8-7-10(9(2)17-8)12(16)15-4-3-11-13-5-6-14-11/h5-7H,3-4H2,1-2H3,(H,13,14)(H,15,16). The zero-order chi connectivity index (χ0) is 12.3. The van der Waals surface area contributed by atoms with Gasteiger partial charge in [0.2, 0.25) is 0 Å². The van der Waals surface area contributed by atoms with Crippen LogP contribution in [0.4, 0.5) is 0 Å². The molecule has 2 aromatic rings. The van der Waals surface area contributed by atoms with Crippen LogP contribution in [-0.2, 0) is 6.42 Å². The Morgan fingerprint density at radius 1 is 1.53 bits per heavy atom. The fourth-order valence-corrected chi connectivity index (χ4v) is 2.60. The fraction of sp³-hybridized carbons (Fsp3) is 0.333. The average Bonchev–Trinajstić information content (AvgIpc) is 2.88. The minimum Gasteiger partial charge on any atom is -0.352 e. The Hall–Kier alpha value is -1.62. The number of imidazole rings is 1. The monoisotopic (exact) mass is 249 g/mol. The number of amides is 1. The highest BCUT2D eigenvalue weighted by molar-refractivity contribution is 7.12. The van der Waals surface area contributed by atoms with Crippen molar-refractivity contribution >= 4 is 17.2 Å². The summed E-state index contributed by atoms with van der Waals surface area (Å²) in [6.45, 7) is 4.58. The van der Waals surface area contributed by atoms with E-state index in [1.165, 1.54) is 4.88 Å². The van der Waals surface area contributed by atoms with Crippen LogP contribution in [0, 0.1) is 13.8 Å². The van der Waals surface area contributed by atoms with E-state index in [-0.39, 0.29) is 5.91 Å². The van der Waals surface area contributed by atoms with Crippen molar-refractivity contribution in [1.82, 2.24) is 15.3 Å². The summed E-state index contributed by atoms with van der Waals surface area (Å²) in [7, 11) is 0. The molecule has 0 bridgehead atoms. The summed E-state index contributed by atoms with van der Waals surface area (Å²) in [5.74, 6) is 0.891. The summed E-state index contributed by atoms with van der Waals surface area (Å²) in [5, 5.41) is 2.90. The molecule has 0 aliphatic rings. The van der Waals surface area contributed by atoms with Crippen LogP contribution in [0.1, 0.15) is 25.9 Å². The molecule has 90 valence electrons. The van der Waals surface area contributed by atoms with E-state index >= 15 is 0 Å². The van der Waals surface area contributed by atoms with E-state index in [1.807, 2.05) is 19.9 Å². The van der Waals surface area contributed by atoms with Crippen molar-refractivity contribution < 1.29 is 4.79 Å². The van der Waals surface area contributed by atoms with Gasteiger partial charge >= 0.3 is 0 Å². The summed E-state index contributed by atoms with van der Waals surface area (Å²) in [4.78, 5) is 21.2. The number of aromatic amines is 1. The average molecular weight is 249 g/mol. The van der Waals surface area contributed by atoms with Crippen molar-refractivity contribution in [3.8, 4) is 0 Å². The molecule has 2 aromatic heterocycles. The predicted molar refractivity (Wildman–Crippen MR) is 68.4 cm³/mol. The number of nitrogens with one attached hydrogen (secondary N) is 2. The van der Waals surface area contributed by atoms with Gasteiger partial charge in [-0.05, 0) is 19.9 Å². The summed E-state index contributed by atoms with van der Waals surface area (Å²) >= 11 is 1.65. The van der Waals surface area contributed by atoms with Crippen LogP contribution in [0.15, 0.2) is 18.5 Å². The smallest absolute Gasteiger partial charge is 0.252 e. The highest BCUT2D eigenvalue weighted by Gasteiger charge is 2.11. The van der Waals surface area contributed by atoms with Crippen LogP contribution >= 0.6 is 11.3 Å². The highest BCUT2D eigenvalue weighted by atomic mass is 32.1. The summed E-state index contributed by atoms with van der Waals surface area (Å²) in [5.41, 5.74) is 0.784. The van der Waals surface area contributed by atoms with Gasteiger partial charge in [0.1, 0.15) is 5.82 Å². The molecule has 0 saturated heterocycles. The van der Waals surface area contributed by atoms with Crippen LogP contribution < -0.4 is 5.32 Å². The molecule has 2 heterocycles. The minimum absolute atomic E-state index is 0.00148. The van der Waals surface area contributed by atoms with Gasteiger partial charge in [0.25, 0.3) is 5.91 Å². The zero-order valence-electron chi connectivity index (χ0n) is 9.91. The second kappa shape index (κ2) is 5.14. The molecule has 0 spiro atoms. The quantitative estimate of drug-likeness (QED) is 0.871. The molecule has 0 unspecified atom stereocenters. The molecular weight excluding hydrogens is 234 g/mol. The first-order valence-corrected chi connectivity index (χ1v) is 6.32. The molecule has 2 N–H and O–H groups in total. The topological polar surface area (TPSA) is 57.8 Å². The molecule has 0 atom stereocenters. The Bertz CT molecular complexity index is 502. The summed E-state index contributed by atoms with van der Waals surface area (Å²) in [6, 6.07) is 1.93. The highest BCUT2D eigenvalue weighted by Crippen LogP contribution is 2.20. The third-order valence-corrected chi connectivity index (χ3v) is 3.45. The molecule has 0 aliphatic heterocycles. The minimum atomic E-state index is -0.00148. The van der Waals surface area contributed by atoms with Crippen molar-refractivity contribution in [1.29, 1.82) is 0 Å². The molecule has 1 amide bonds. The van der Waals surface area contributed by atoms with Crippen LogP contribution in [0.2, 0.25) is 0 Å². The molecule has 2 rings (SSSR count). The van der Waals surface area contributed by atoms with Gasteiger partial charge in [-0.1, -0.05) is 0 Å². The van der Waals surface area contributed by atoms with Crippen molar-refractivity contribution in [2.45, 2.75) is 20.3 Å². The molecule has 0 radical (unpaired) electrons. The maximum Gasteiger partial charge on any atom is 0.252 e. The Labute approximate surface area is 104 Å². The molecule has 4 nitrogen and oxygen atoms in total. The molecule has 0 aromatic carbocycles. The number of aromatic nitrogens is 2. The maximum absolute atomic E-state index is 11.9. The second-order valence-corrected chi connectivity index (χ2v) is 5.33. The molecule has 0 fully saturated rings. The number of aryl methyl sites for hydroxylation is 2. The molecule has 17 heavy (non-hydrogen) atoms. The first-order valence-electron chi connectivity index (χ1n) is 5.50. The van der Waals surface area contributed by atoms with Gasteiger partial charge in [-0.2, -0.15) is 0 Å². The van der Waals surface area contributed by atoms with Gasteiger partial charge < -0.3 is 10.3 Å². The van der Waals surface area contributed by atoms with Gasteiger partial charge in [-0.15, -0.1) is 11.3 Å². The van der Waals surface area contributed by atoms with Crippen molar-refractivity contribution in [3.05, 3.63) is 39.6 Å². The lowest BCUT2D eigenvalue weighted by Crippen LogP contribution is -2.26. The van der Waals surface area contributed by atoms with Crippen LogP contribution in [0.5, 0.6) is 0 Å². The Morgan fingerprint density at radius 2 is 2.35 bits per heavy atom. The third kappa shape index (κ3) is 2.94.